The monoisotopic (exact) mass is 206 g/mol. The maximum absolute atomic E-state index is 5.04. The molecule has 0 unspecified atom stereocenters. The second kappa shape index (κ2) is 5.01. The van der Waals surface area contributed by atoms with E-state index in [1.165, 1.54) is 25.7 Å². The molecule has 2 rings (SSSR count). The summed E-state index contributed by atoms with van der Waals surface area (Å²) in [5, 5.41) is 3.31. The Morgan fingerprint density at radius 2 is 2.33 bits per heavy atom. The third-order valence-corrected chi connectivity index (χ3v) is 2.76. The number of hydrogen-bond donors (Lipinski definition) is 1. The number of methoxy groups -OCH3 is 1. The Bertz CT molecular complexity index is 293. The van der Waals surface area contributed by atoms with Gasteiger partial charge >= 0.3 is 0 Å². The van der Waals surface area contributed by atoms with Gasteiger partial charge in [-0.1, -0.05) is 12.8 Å². The third-order valence-electron chi connectivity index (χ3n) is 2.76. The highest BCUT2D eigenvalue weighted by atomic mass is 16.5. The van der Waals surface area contributed by atoms with Crippen LogP contribution in [0.5, 0.6) is 5.75 Å². The first-order chi connectivity index (χ1) is 7.38. The fourth-order valence-electron chi connectivity index (χ4n) is 1.62. The Kier molecular flexibility index (Phi) is 3.43. The van der Waals surface area contributed by atoms with Gasteiger partial charge in [-0.3, -0.25) is 0 Å². The van der Waals surface area contributed by atoms with Crippen LogP contribution in [0.3, 0.4) is 0 Å². The molecule has 0 bridgehead atoms. The fraction of sp³-hybridized carbons (Fsp3) is 0.583. The maximum Gasteiger partial charge on any atom is 0.137 e. The van der Waals surface area contributed by atoms with Crippen molar-refractivity contribution in [1.29, 1.82) is 0 Å². The van der Waals surface area contributed by atoms with Crippen LogP contribution in [0.15, 0.2) is 18.3 Å². The Balaban J connectivity index is 1.67. The first kappa shape index (κ1) is 10.3. The molecule has 0 atom stereocenters. The second-order valence-electron chi connectivity index (χ2n) is 4.10. The molecule has 1 aromatic heterocycles. The van der Waals surface area contributed by atoms with Gasteiger partial charge in [0.15, 0.2) is 0 Å². The van der Waals surface area contributed by atoms with Crippen LogP contribution >= 0.6 is 0 Å². The zero-order valence-corrected chi connectivity index (χ0v) is 9.20. The minimum Gasteiger partial charge on any atom is -0.495 e. The van der Waals surface area contributed by atoms with Gasteiger partial charge in [-0.15, -0.1) is 0 Å². The molecule has 3 nitrogen and oxygen atoms in total. The van der Waals surface area contributed by atoms with E-state index in [-0.39, 0.29) is 0 Å². The van der Waals surface area contributed by atoms with Gasteiger partial charge in [-0.2, -0.15) is 0 Å². The molecule has 0 aliphatic heterocycles. The number of pyridine rings is 1. The molecule has 1 heterocycles. The van der Waals surface area contributed by atoms with Gasteiger partial charge < -0.3 is 10.1 Å². The van der Waals surface area contributed by atoms with Crippen molar-refractivity contribution in [2.45, 2.75) is 25.7 Å². The zero-order valence-electron chi connectivity index (χ0n) is 9.20. The molecule has 0 amide bonds. The van der Waals surface area contributed by atoms with Gasteiger partial charge in [0.25, 0.3) is 0 Å². The molecule has 1 aliphatic rings. The second-order valence-corrected chi connectivity index (χ2v) is 4.10. The summed E-state index contributed by atoms with van der Waals surface area (Å²) in [5.41, 5.74) is 0. The molecular weight excluding hydrogens is 188 g/mol. The lowest BCUT2D eigenvalue weighted by Gasteiger charge is -2.05. The van der Waals surface area contributed by atoms with Crippen LogP contribution in [-0.4, -0.2) is 18.6 Å². The Morgan fingerprint density at radius 3 is 2.93 bits per heavy atom. The van der Waals surface area contributed by atoms with Crippen molar-refractivity contribution in [3.8, 4) is 5.75 Å². The molecule has 1 aliphatic carbocycles. The minimum atomic E-state index is 0.804. The van der Waals surface area contributed by atoms with E-state index in [0.29, 0.717) is 0 Å². The van der Waals surface area contributed by atoms with Gasteiger partial charge in [-0.05, 0) is 30.9 Å². The van der Waals surface area contributed by atoms with E-state index in [1.807, 2.05) is 12.1 Å². The molecule has 3 heteroatoms. The van der Waals surface area contributed by atoms with Crippen molar-refractivity contribution in [2.75, 3.05) is 19.0 Å². The predicted molar refractivity (Wildman–Crippen MR) is 61.2 cm³/mol. The van der Waals surface area contributed by atoms with Crippen LogP contribution in [0.4, 0.5) is 5.82 Å². The number of ether oxygens (including phenoxy) is 1. The molecular formula is C12H18N2O. The molecule has 0 saturated heterocycles. The molecule has 1 saturated carbocycles. The highest BCUT2D eigenvalue weighted by Crippen LogP contribution is 2.33. The van der Waals surface area contributed by atoms with E-state index in [4.69, 9.17) is 4.74 Å². The summed E-state index contributed by atoms with van der Waals surface area (Å²) < 4.78 is 5.04. The fourth-order valence-corrected chi connectivity index (χ4v) is 1.62. The highest BCUT2D eigenvalue weighted by molar-refractivity contribution is 5.37. The molecule has 1 aromatic rings. The summed E-state index contributed by atoms with van der Waals surface area (Å²) in [5.74, 6) is 2.76. The van der Waals surface area contributed by atoms with Gasteiger partial charge in [0, 0.05) is 6.54 Å². The van der Waals surface area contributed by atoms with Crippen molar-refractivity contribution in [3.63, 3.8) is 0 Å². The Hall–Kier alpha value is -1.25. The summed E-state index contributed by atoms with van der Waals surface area (Å²) in [4.78, 5) is 4.25. The lowest BCUT2D eigenvalue weighted by Crippen LogP contribution is -2.03. The number of nitrogens with one attached hydrogen (secondary N) is 1. The van der Waals surface area contributed by atoms with E-state index in [2.05, 4.69) is 10.3 Å². The van der Waals surface area contributed by atoms with Crippen molar-refractivity contribution < 1.29 is 4.74 Å². The average molecular weight is 206 g/mol. The van der Waals surface area contributed by atoms with Crippen molar-refractivity contribution >= 4 is 5.82 Å². The first-order valence-corrected chi connectivity index (χ1v) is 5.62. The van der Waals surface area contributed by atoms with E-state index >= 15 is 0 Å². The Labute approximate surface area is 90.9 Å². The van der Waals surface area contributed by atoms with E-state index < -0.39 is 0 Å². The largest absolute Gasteiger partial charge is 0.495 e. The van der Waals surface area contributed by atoms with Gasteiger partial charge in [-0.25, -0.2) is 4.98 Å². The van der Waals surface area contributed by atoms with Crippen LogP contribution in [0.25, 0.3) is 0 Å². The SMILES string of the molecule is COc1ccc(NCCCC2CC2)nc1. The minimum absolute atomic E-state index is 0.804. The van der Waals surface area contributed by atoms with Gasteiger partial charge in [0.05, 0.1) is 13.3 Å². The zero-order chi connectivity index (χ0) is 10.5. The molecule has 0 spiro atoms. The molecule has 1 fully saturated rings. The summed E-state index contributed by atoms with van der Waals surface area (Å²) in [6.07, 6.45) is 7.24. The lowest BCUT2D eigenvalue weighted by atomic mass is 10.2. The number of aromatic nitrogens is 1. The van der Waals surface area contributed by atoms with E-state index in [0.717, 1.165) is 24.0 Å². The Morgan fingerprint density at radius 1 is 1.47 bits per heavy atom. The van der Waals surface area contributed by atoms with Crippen LogP contribution < -0.4 is 10.1 Å². The predicted octanol–water partition coefficient (Wildman–Crippen LogP) is 2.69. The van der Waals surface area contributed by atoms with Crippen LogP contribution in [0.2, 0.25) is 0 Å². The topological polar surface area (TPSA) is 34.1 Å². The molecule has 0 aromatic carbocycles. The standard InChI is InChI=1S/C12H18N2O/c1-15-11-6-7-12(14-9-11)13-8-2-3-10-4-5-10/h6-7,9-10H,2-5,8H2,1H3,(H,13,14). The molecule has 82 valence electrons. The summed E-state index contributed by atoms with van der Waals surface area (Å²) in [7, 11) is 1.65. The third kappa shape index (κ3) is 3.42. The summed E-state index contributed by atoms with van der Waals surface area (Å²) in [6.45, 7) is 1.02. The summed E-state index contributed by atoms with van der Waals surface area (Å²) >= 11 is 0. The number of nitrogens with zero attached hydrogens (tertiary/aromatic N) is 1. The van der Waals surface area contributed by atoms with Crippen LogP contribution in [0, 0.1) is 5.92 Å². The quantitative estimate of drug-likeness (QED) is 0.727. The average Bonchev–Trinajstić information content (AvgIpc) is 3.09. The lowest BCUT2D eigenvalue weighted by molar-refractivity contribution is 0.413. The van der Waals surface area contributed by atoms with E-state index in [9.17, 15) is 0 Å². The highest BCUT2D eigenvalue weighted by Gasteiger charge is 2.19. The van der Waals surface area contributed by atoms with Crippen molar-refractivity contribution in [3.05, 3.63) is 18.3 Å². The first-order valence-electron chi connectivity index (χ1n) is 5.62. The number of rotatable bonds is 6. The molecule has 0 radical (unpaired) electrons. The van der Waals surface area contributed by atoms with Crippen LogP contribution in [-0.2, 0) is 0 Å². The van der Waals surface area contributed by atoms with Gasteiger partial charge in [0.1, 0.15) is 11.6 Å². The number of hydrogen-bond acceptors (Lipinski definition) is 3. The van der Waals surface area contributed by atoms with Crippen molar-refractivity contribution in [1.82, 2.24) is 4.98 Å². The molecule has 1 N–H and O–H groups in total. The van der Waals surface area contributed by atoms with Gasteiger partial charge in [0.2, 0.25) is 0 Å². The van der Waals surface area contributed by atoms with Crippen molar-refractivity contribution in [2.24, 2.45) is 5.92 Å². The van der Waals surface area contributed by atoms with Crippen LogP contribution in [0.1, 0.15) is 25.7 Å². The number of anilines is 1. The van der Waals surface area contributed by atoms with E-state index in [1.54, 1.807) is 13.3 Å². The normalized spacial score (nSPS) is 15.0. The maximum atomic E-state index is 5.04. The summed E-state index contributed by atoms with van der Waals surface area (Å²) in [6, 6.07) is 3.88. The molecule has 15 heavy (non-hydrogen) atoms. The smallest absolute Gasteiger partial charge is 0.137 e.